The Morgan fingerprint density at radius 1 is 1.25 bits per heavy atom. The quantitative estimate of drug-likeness (QED) is 0.699. The summed E-state index contributed by atoms with van der Waals surface area (Å²) in [6.07, 6.45) is 5.80. The first-order valence-corrected chi connectivity index (χ1v) is 4.96. The lowest BCUT2D eigenvalue weighted by Crippen LogP contribution is -2.32. The highest BCUT2D eigenvalue weighted by Crippen LogP contribution is 2.27. The van der Waals surface area contributed by atoms with Crippen LogP contribution in [0.4, 0.5) is 8.78 Å². The number of hydrogen-bond acceptors (Lipinski definition) is 1. The van der Waals surface area contributed by atoms with Gasteiger partial charge in [0, 0.05) is 6.42 Å². The highest BCUT2D eigenvalue weighted by atomic mass is 19.1. The molecule has 0 aromatic heterocycles. The number of hydrogen-bond donors (Lipinski definition) is 0. The van der Waals surface area contributed by atoms with E-state index in [4.69, 9.17) is 0 Å². The Balaban J connectivity index is 2.36. The van der Waals surface area contributed by atoms with Crippen molar-refractivity contribution in [3.63, 3.8) is 0 Å². The molecule has 1 aliphatic rings. The van der Waals surface area contributed by atoms with E-state index in [-0.39, 0.29) is 12.0 Å². The Morgan fingerprint density at radius 2 is 2.00 bits per heavy atom. The fourth-order valence-electron chi connectivity index (χ4n) is 1.63. The van der Waals surface area contributed by atoms with Crippen LogP contribution in [0.3, 0.4) is 0 Å². The standard InChI is InChI=1S/C13H10F2O/c14-11-7-3-2-6-10(11)12(16)13(15)8-4-1-5-9-13/h1-8H,9H2/t13-/m0/s1. The van der Waals surface area contributed by atoms with Gasteiger partial charge < -0.3 is 0 Å². The smallest absolute Gasteiger partial charge is 0.207 e. The van der Waals surface area contributed by atoms with Crippen molar-refractivity contribution in [3.05, 3.63) is 60.0 Å². The Hall–Kier alpha value is -1.77. The van der Waals surface area contributed by atoms with Crippen LogP contribution in [-0.4, -0.2) is 11.5 Å². The molecule has 1 aliphatic carbocycles. The third-order valence-corrected chi connectivity index (χ3v) is 2.52. The number of rotatable bonds is 2. The second-order valence-electron chi connectivity index (χ2n) is 3.66. The minimum absolute atomic E-state index is 0.0450. The van der Waals surface area contributed by atoms with Crippen LogP contribution >= 0.6 is 0 Å². The van der Waals surface area contributed by atoms with E-state index in [1.54, 1.807) is 12.2 Å². The molecule has 0 saturated heterocycles. The fraction of sp³-hybridized carbons (Fsp3) is 0.154. The van der Waals surface area contributed by atoms with E-state index in [1.165, 1.54) is 30.4 Å². The van der Waals surface area contributed by atoms with Crippen LogP contribution in [0.1, 0.15) is 16.8 Å². The Labute approximate surface area is 92.1 Å². The van der Waals surface area contributed by atoms with Crippen molar-refractivity contribution in [2.24, 2.45) is 0 Å². The molecule has 0 amide bonds. The van der Waals surface area contributed by atoms with Gasteiger partial charge in [0.25, 0.3) is 0 Å². The summed E-state index contributed by atoms with van der Waals surface area (Å²) in [5.74, 6) is -1.52. The summed E-state index contributed by atoms with van der Waals surface area (Å²) in [6, 6.07) is 5.43. The van der Waals surface area contributed by atoms with Crippen LogP contribution in [0.5, 0.6) is 0 Å². The van der Waals surface area contributed by atoms with Crippen molar-refractivity contribution in [2.75, 3.05) is 0 Å². The number of ketones is 1. The number of carbonyl (C=O) groups is 1. The van der Waals surface area contributed by atoms with Gasteiger partial charge in [0.2, 0.25) is 5.78 Å². The molecule has 0 aliphatic heterocycles. The van der Waals surface area contributed by atoms with E-state index >= 15 is 0 Å². The molecule has 3 heteroatoms. The SMILES string of the molecule is O=C(c1ccccc1F)[C@]1(F)C=CC=CC1. The summed E-state index contributed by atoms with van der Waals surface area (Å²) in [5, 5.41) is 0. The van der Waals surface area contributed by atoms with Gasteiger partial charge in [0.05, 0.1) is 5.56 Å². The predicted molar refractivity (Wildman–Crippen MR) is 57.5 cm³/mol. The molecule has 0 saturated carbocycles. The topological polar surface area (TPSA) is 17.1 Å². The highest BCUT2D eigenvalue weighted by Gasteiger charge is 2.37. The van der Waals surface area contributed by atoms with Crippen molar-refractivity contribution >= 4 is 5.78 Å². The highest BCUT2D eigenvalue weighted by molar-refractivity contribution is 6.04. The number of benzene rings is 1. The fourth-order valence-corrected chi connectivity index (χ4v) is 1.63. The van der Waals surface area contributed by atoms with E-state index < -0.39 is 17.3 Å². The second-order valence-corrected chi connectivity index (χ2v) is 3.66. The van der Waals surface area contributed by atoms with Gasteiger partial charge in [-0.05, 0) is 18.2 Å². The molecule has 1 atom stereocenters. The molecule has 82 valence electrons. The Kier molecular flexibility index (Phi) is 2.69. The van der Waals surface area contributed by atoms with Crippen molar-refractivity contribution in [3.8, 4) is 0 Å². The molecule has 0 bridgehead atoms. The third kappa shape index (κ3) is 1.81. The lowest BCUT2D eigenvalue weighted by molar-refractivity contribution is 0.0776. The van der Waals surface area contributed by atoms with E-state index in [0.29, 0.717) is 0 Å². The van der Waals surface area contributed by atoms with Gasteiger partial charge in [0.15, 0.2) is 5.67 Å². The molecule has 1 aromatic carbocycles. The van der Waals surface area contributed by atoms with E-state index in [2.05, 4.69) is 0 Å². The van der Waals surface area contributed by atoms with Gasteiger partial charge >= 0.3 is 0 Å². The van der Waals surface area contributed by atoms with Crippen molar-refractivity contribution < 1.29 is 13.6 Å². The Bertz CT molecular complexity index is 477. The summed E-state index contributed by atoms with van der Waals surface area (Å²) < 4.78 is 27.5. The zero-order chi connectivity index (χ0) is 11.6. The maximum Gasteiger partial charge on any atom is 0.207 e. The molecular formula is C13H10F2O. The molecule has 16 heavy (non-hydrogen) atoms. The molecule has 0 N–H and O–H groups in total. The van der Waals surface area contributed by atoms with Crippen molar-refractivity contribution in [1.29, 1.82) is 0 Å². The monoisotopic (exact) mass is 220 g/mol. The predicted octanol–water partition coefficient (Wildman–Crippen LogP) is 3.23. The lowest BCUT2D eigenvalue weighted by atomic mass is 9.88. The van der Waals surface area contributed by atoms with Gasteiger partial charge in [-0.3, -0.25) is 4.79 Å². The minimum Gasteiger partial charge on any atom is -0.290 e. The number of Topliss-reactive ketones (excluding diaryl/α,β-unsaturated/α-hetero) is 1. The second kappa shape index (κ2) is 4.00. The van der Waals surface area contributed by atoms with Gasteiger partial charge in [0.1, 0.15) is 5.82 Å². The number of halogens is 2. The summed E-state index contributed by atoms with van der Waals surface area (Å²) in [7, 11) is 0. The summed E-state index contributed by atoms with van der Waals surface area (Å²) in [5.41, 5.74) is -2.32. The minimum atomic E-state index is -2.11. The lowest BCUT2D eigenvalue weighted by Gasteiger charge is -2.20. The summed E-state index contributed by atoms with van der Waals surface area (Å²) in [4.78, 5) is 11.8. The zero-order valence-corrected chi connectivity index (χ0v) is 8.49. The molecular weight excluding hydrogens is 210 g/mol. The Morgan fingerprint density at radius 3 is 2.62 bits per heavy atom. The molecule has 0 radical (unpaired) electrons. The molecule has 1 aromatic rings. The molecule has 0 heterocycles. The normalized spacial score (nSPS) is 23.4. The molecule has 2 rings (SSSR count). The van der Waals surface area contributed by atoms with Crippen LogP contribution in [0.15, 0.2) is 48.6 Å². The van der Waals surface area contributed by atoms with Crippen LogP contribution in [0.25, 0.3) is 0 Å². The third-order valence-electron chi connectivity index (χ3n) is 2.52. The van der Waals surface area contributed by atoms with Crippen LogP contribution in [0, 0.1) is 5.82 Å². The van der Waals surface area contributed by atoms with Crippen LogP contribution in [-0.2, 0) is 0 Å². The van der Waals surface area contributed by atoms with Gasteiger partial charge in [-0.1, -0.05) is 30.4 Å². The molecule has 0 unspecified atom stereocenters. The average molecular weight is 220 g/mol. The zero-order valence-electron chi connectivity index (χ0n) is 8.49. The number of alkyl halides is 1. The van der Waals surface area contributed by atoms with E-state index in [0.717, 1.165) is 6.07 Å². The molecule has 0 spiro atoms. The first kappa shape index (κ1) is 10.7. The molecule has 1 nitrogen and oxygen atoms in total. The number of carbonyl (C=O) groups excluding carboxylic acids is 1. The average Bonchev–Trinajstić information content (AvgIpc) is 2.30. The van der Waals surface area contributed by atoms with Crippen LogP contribution < -0.4 is 0 Å². The van der Waals surface area contributed by atoms with E-state index in [9.17, 15) is 13.6 Å². The first-order valence-electron chi connectivity index (χ1n) is 4.96. The van der Waals surface area contributed by atoms with Gasteiger partial charge in [-0.25, -0.2) is 8.78 Å². The van der Waals surface area contributed by atoms with Crippen molar-refractivity contribution in [1.82, 2.24) is 0 Å². The summed E-state index contributed by atoms with van der Waals surface area (Å²) in [6.45, 7) is 0. The van der Waals surface area contributed by atoms with E-state index in [1.807, 2.05) is 0 Å². The molecule has 0 fully saturated rings. The van der Waals surface area contributed by atoms with Crippen LogP contribution in [0.2, 0.25) is 0 Å². The number of allylic oxidation sites excluding steroid dienone is 4. The van der Waals surface area contributed by atoms with Crippen molar-refractivity contribution in [2.45, 2.75) is 12.1 Å². The maximum atomic E-state index is 14.2. The largest absolute Gasteiger partial charge is 0.290 e. The van der Waals surface area contributed by atoms with Gasteiger partial charge in [-0.2, -0.15) is 0 Å². The summed E-state index contributed by atoms with van der Waals surface area (Å²) >= 11 is 0. The van der Waals surface area contributed by atoms with Gasteiger partial charge in [-0.15, -0.1) is 0 Å². The maximum absolute atomic E-state index is 14.2. The first-order chi connectivity index (χ1) is 7.63.